The number of anilines is 1. The Morgan fingerprint density at radius 3 is 2.30 bits per heavy atom. The average Bonchev–Trinajstić information content (AvgIpc) is 2.89. The third-order valence-electron chi connectivity index (χ3n) is 3.80. The normalized spacial score (nSPS) is 18.3. The average molecular weight is 466 g/mol. The molecule has 27 heavy (non-hydrogen) atoms. The van der Waals surface area contributed by atoms with Crippen molar-refractivity contribution in [2.24, 2.45) is 0 Å². The molecule has 1 aliphatic rings. The van der Waals surface area contributed by atoms with Gasteiger partial charge in [-0.2, -0.15) is 13.2 Å². The van der Waals surface area contributed by atoms with Crippen LogP contribution in [0.25, 0.3) is 0 Å². The van der Waals surface area contributed by atoms with E-state index in [9.17, 15) is 18.0 Å². The molecule has 0 saturated carbocycles. The molecule has 1 heterocycles. The lowest BCUT2D eigenvalue weighted by Crippen LogP contribution is -2.65. The number of nitrogens with one attached hydrogen (secondary N) is 2. The molecule has 0 aromatic heterocycles. The Morgan fingerprint density at radius 1 is 1.11 bits per heavy atom. The third-order valence-corrected chi connectivity index (χ3v) is 4.49. The predicted molar refractivity (Wildman–Crippen MR) is 97.3 cm³/mol. The van der Waals surface area contributed by atoms with Crippen LogP contribution >= 0.6 is 27.5 Å². The lowest BCUT2D eigenvalue weighted by atomic mass is 10.1. The van der Waals surface area contributed by atoms with Gasteiger partial charge in [-0.3, -0.25) is 5.32 Å². The number of amides is 2. The first-order valence-corrected chi connectivity index (χ1v) is 8.78. The molecule has 10 heteroatoms. The maximum absolute atomic E-state index is 13.7. The van der Waals surface area contributed by atoms with Gasteiger partial charge in [0.15, 0.2) is 11.5 Å². The zero-order valence-corrected chi connectivity index (χ0v) is 16.3. The zero-order chi connectivity index (χ0) is 20.0. The summed E-state index contributed by atoms with van der Waals surface area (Å²) < 4.78 is 51.6. The van der Waals surface area contributed by atoms with Gasteiger partial charge in [0.1, 0.15) is 0 Å². The van der Waals surface area contributed by atoms with E-state index < -0.39 is 18.1 Å². The zero-order valence-electron chi connectivity index (χ0n) is 14.0. The van der Waals surface area contributed by atoms with Crippen LogP contribution in [0, 0.1) is 13.8 Å². The predicted octanol–water partition coefficient (Wildman–Crippen LogP) is 5.53. The van der Waals surface area contributed by atoms with Crippen molar-refractivity contribution in [3.8, 4) is 11.5 Å². The summed E-state index contributed by atoms with van der Waals surface area (Å²) in [7, 11) is 0. The molecule has 2 aromatic rings. The number of hydrogen-bond acceptors (Lipinski definition) is 3. The van der Waals surface area contributed by atoms with Gasteiger partial charge in [0.05, 0.1) is 0 Å². The molecule has 5 nitrogen and oxygen atoms in total. The molecule has 2 amide bonds. The molecule has 0 saturated heterocycles. The molecular weight excluding hydrogens is 453 g/mol. The summed E-state index contributed by atoms with van der Waals surface area (Å²) in [6, 6.07) is 6.07. The number of urea groups is 1. The van der Waals surface area contributed by atoms with Crippen LogP contribution < -0.4 is 20.1 Å². The second-order valence-corrected chi connectivity index (χ2v) is 7.26. The second-order valence-electron chi connectivity index (χ2n) is 5.90. The molecule has 144 valence electrons. The summed E-state index contributed by atoms with van der Waals surface area (Å²) in [6.07, 6.45) is -5.06. The number of carbonyl (C=O) groups excluding carboxylic acids is 1. The highest BCUT2D eigenvalue weighted by molar-refractivity contribution is 9.10. The number of fused-ring (bicyclic) bond motifs is 1. The van der Waals surface area contributed by atoms with Gasteiger partial charge in [-0.05, 0) is 49.2 Å². The van der Waals surface area contributed by atoms with Crippen molar-refractivity contribution in [3.63, 3.8) is 0 Å². The minimum absolute atomic E-state index is 0.167. The van der Waals surface area contributed by atoms with Crippen LogP contribution in [-0.4, -0.2) is 18.1 Å². The van der Waals surface area contributed by atoms with E-state index in [-0.39, 0.29) is 16.5 Å². The molecule has 2 N–H and O–H groups in total. The summed E-state index contributed by atoms with van der Waals surface area (Å²) >= 11 is 9.08. The standard InChI is InChI=1S/C17H13BrClF3N2O3/c1-8-5-10(18)6-9(2)14(8)23-15(25)24-17(16(20,21)22)26-12-4-3-11(19)7-13(12)27-17/h3-7H,1-2H3,(H2,23,24,25). The minimum atomic E-state index is -5.06. The van der Waals surface area contributed by atoms with Gasteiger partial charge in [0, 0.05) is 21.2 Å². The fraction of sp³-hybridized carbons (Fsp3) is 0.235. The Bertz CT molecular complexity index is 900. The Balaban J connectivity index is 1.86. The van der Waals surface area contributed by atoms with Crippen LogP contribution in [0.4, 0.5) is 23.7 Å². The SMILES string of the molecule is Cc1cc(Br)cc(C)c1NC(=O)NC1(C(F)(F)F)Oc2ccc(Cl)cc2O1. The topological polar surface area (TPSA) is 59.6 Å². The highest BCUT2D eigenvalue weighted by Crippen LogP contribution is 2.46. The van der Waals surface area contributed by atoms with Crippen molar-refractivity contribution in [2.75, 3.05) is 5.32 Å². The molecule has 0 bridgehead atoms. The van der Waals surface area contributed by atoms with Gasteiger partial charge < -0.3 is 14.8 Å². The van der Waals surface area contributed by atoms with Crippen LogP contribution in [0.2, 0.25) is 5.02 Å². The molecule has 2 aromatic carbocycles. The fourth-order valence-corrected chi connectivity index (χ4v) is 3.47. The van der Waals surface area contributed by atoms with Crippen molar-refractivity contribution in [3.05, 3.63) is 51.0 Å². The minimum Gasteiger partial charge on any atom is -0.424 e. The second kappa shape index (κ2) is 6.79. The van der Waals surface area contributed by atoms with Gasteiger partial charge >= 0.3 is 18.1 Å². The highest BCUT2D eigenvalue weighted by atomic mass is 79.9. The maximum Gasteiger partial charge on any atom is 0.492 e. The third kappa shape index (κ3) is 3.79. The van der Waals surface area contributed by atoms with Crippen LogP contribution in [0.5, 0.6) is 11.5 Å². The lowest BCUT2D eigenvalue weighted by molar-refractivity contribution is -0.317. The van der Waals surface area contributed by atoms with E-state index in [0.29, 0.717) is 16.8 Å². The van der Waals surface area contributed by atoms with Gasteiger partial charge in [0.2, 0.25) is 0 Å². The Morgan fingerprint density at radius 2 is 1.70 bits per heavy atom. The smallest absolute Gasteiger partial charge is 0.424 e. The number of carbonyl (C=O) groups is 1. The first-order chi connectivity index (χ1) is 12.5. The number of benzene rings is 2. The van der Waals surface area contributed by atoms with Crippen LogP contribution in [0.1, 0.15) is 11.1 Å². The molecule has 0 fully saturated rings. The summed E-state index contributed by atoms with van der Waals surface area (Å²) in [5, 5.41) is 4.32. The van der Waals surface area contributed by atoms with Crippen LogP contribution in [0.15, 0.2) is 34.8 Å². The molecule has 1 atom stereocenters. The summed E-state index contributed by atoms with van der Waals surface area (Å²) in [5.41, 5.74) is 1.72. The molecular formula is C17H13BrClF3N2O3. The fourth-order valence-electron chi connectivity index (χ4n) is 2.62. The van der Waals surface area contributed by atoms with E-state index >= 15 is 0 Å². The number of ether oxygens (including phenoxy) is 2. The lowest BCUT2D eigenvalue weighted by Gasteiger charge is -2.29. The molecule has 1 unspecified atom stereocenters. The van der Waals surface area contributed by atoms with Gasteiger partial charge in [0.25, 0.3) is 0 Å². The van der Waals surface area contributed by atoms with E-state index in [2.05, 4.69) is 21.2 Å². The van der Waals surface area contributed by atoms with Crippen molar-refractivity contribution < 1.29 is 27.4 Å². The molecule has 0 spiro atoms. The number of hydrogen-bond donors (Lipinski definition) is 2. The molecule has 1 aliphatic heterocycles. The van der Waals surface area contributed by atoms with Crippen molar-refractivity contribution in [2.45, 2.75) is 25.9 Å². The number of rotatable bonds is 2. The first-order valence-electron chi connectivity index (χ1n) is 7.61. The van der Waals surface area contributed by atoms with Crippen LogP contribution in [0.3, 0.4) is 0 Å². The van der Waals surface area contributed by atoms with E-state index in [1.165, 1.54) is 18.2 Å². The largest absolute Gasteiger partial charge is 0.492 e. The monoisotopic (exact) mass is 464 g/mol. The van der Waals surface area contributed by atoms with E-state index in [1.807, 2.05) is 0 Å². The Kier molecular flexibility index (Phi) is 4.94. The van der Waals surface area contributed by atoms with E-state index in [1.54, 1.807) is 31.3 Å². The van der Waals surface area contributed by atoms with E-state index in [0.717, 1.165) is 4.47 Å². The Labute approximate surface area is 165 Å². The molecule has 0 radical (unpaired) electrons. The summed E-state index contributed by atoms with van der Waals surface area (Å²) in [6.45, 7) is 3.43. The Hall–Kier alpha value is -2.13. The highest BCUT2D eigenvalue weighted by Gasteiger charge is 2.65. The van der Waals surface area contributed by atoms with Crippen molar-refractivity contribution >= 4 is 39.2 Å². The first kappa shape index (κ1) is 19.6. The quantitative estimate of drug-likeness (QED) is 0.613. The van der Waals surface area contributed by atoms with Gasteiger partial charge in [-0.25, -0.2) is 4.79 Å². The molecule has 0 aliphatic carbocycles. The number of alkyl halides is 3. The number of halogens is 5. The summed E-state index contributed by atoms with van der Waals surface area (Å²) in [5.74, 6) is -3.77. The van der Waals surface area contributed by atoms with Crippen molar-refractivity contribution in [1.82, 2.24) is 5.32 Å². The van der Waals surface area contributed by atoms with Crippen molar-refractivity contribution in [1.29, 1.82) is 0 Å². The summed E-state index contributed by atoms with van der Waals surface area (Å²) in [4.78, 5) is 12.3. The maximum atomic E-state index is 13.7. The van der Waals surface area contributed by atoms with Crippen LogP contribution in [-0.2, 0) is 0 Å². The number of aryl methyl sites for hydroxylation is 2. The molecule has 3 rings (SSSR count). The van der Waals surface area contributed by atoms with Gasteiger partial charge in [-0.15, -0.1) is 0 Å². The van der Waals surface area contributed by atoms with E-state index in [4.69, 9.17) is 21.1 Å². The van der Waals surface area contributed by atoms with Gasteiger partial charge in [-0.1, -0.05) is 27.5 Å².